The summed E-state index contributed by atoms with van der Waals surface area (Å²) in [4.78, 5) is 13.8. The van der Waals surface area contributed by atoms with Crippen LogP contribution in [0.25, 0.3) is 0 Å². The van der Waals surface area contributed by atoms with Gasteiger partial charge in [-0.05, 0) is 4.92 Å². The second-order valence-corrected chi connectivity index (χ2v) is 7.46. The molecule has 0 aromatic carbocycles. The van der Waals surface area contributed by atoms with E-state index in [4.69, 9.17) is 4.52 Å². The Morgan fingerprint density at radius 2 is 1.72 bits per heavy atom. The molecule has 0 fully saturated rings. The van der Waals surface area contributed by atoms with Gasteiger partial charge in [0.05, 0.1) is 7.05 Å². The maximum absolute atomic E-state index is 12.5. The Morgan fingerprint density at radius 1 is 1.24 bits per heavy atom. The predicted molar refractivity (Wildman–Crippen MR) is 109 cm³/mol. The van der Waals surface area contributed by atoms with Gasteiger partial charge in [0.25, 0.3) is 0 Å². The molecule has 1 rings (SSSR count). The molecule has 0 aliphatic rings. The van der Waals surface area contributed by atoms with E-state index in [0.717, 1.165) is 0 Å². The molecule has 0 unspecified atom stereocenters. The van der Waals surface area contributed by atoms with E-state index in [2.05, 4.69) is 47.0 Å². The molecule has 0 radical (unpaired) electrons. The average Bonchev–Trinajstić information content (AvgIpc) is 3.01. The highest BCUT2D eigenvalue weighted by Gasteiger charge is 2.24. The molecule has 0 saturated carbocycles. The van der Waals surface area contributed by atoms with Crippen molar-refractivity contribution in [2.75, 3.05) is 23.7 Å². The number of nitrogens with zero attached hydrogens (tertiary/aromatic N) is 3. The molecule has 0 aliphatic carbocycles. The number of halogens is 2. The average molecular weight is 509 g/mol. The molecular weight excluding hydrogens is 481 g/mol. The highest BCUT2D eigenvalue weighted by Crippen LogP contribution is 2.38. The SMILES string of the molecule is CC.CC.Cn1c(COP(=O)(NCCBr)NCCBr)cnc1[N+](=O)[O-]. The first-order valence-corrected chi connectivity index (χ1v) is 11.8. The third-order valence-electron chi connectivity index (χ3n) is 2.45. The van der Waals surface area contributed by atoms with Crippen molar-refractivity contribution >= 4 is 45.5 Å². The summed E-state index contributed by atoms with van der Waals surface area (Å²) in [5.74, 6) is -0.287. The van der Waals surface area contributed by atoms with Crippen LogP contribution in [0.1, 0.15) is 33.4 Å². The number of nitro groups is 1. The van der Waals surface area contributed by atoms with Crippen molar-refractivity contribution in [3.63, 3.8) is 0 Å². The summed E-state index contributed by atoms with van der Waals surface area (Å²) in [6.07, 6.45) is 1.33. The molecule has 1 heterocycles. The van der Waals surface area contributed by atoms with Crippen LogP contribution in [0.3, 0.4) is 0 Å². The van der Waals surface area contributed by atoms with Crippen LogP contribution in [0.4, 0.5) is 5.95 Å². The fourth-order valence-corrected chi connectivity index (χ4v) is 3.85. The summed E-state index contributed by atoms with van der Waals surface area (Å²) in [5.41, 5.74) is 0.461. The summed E-state index contributed by atoms with van der Waals surface area (Å²) in [6, 6.07) is 0. The molecule has 148 valence electrons. The van der Waals surface area contributed by atoms with Crippen LogP contribution in [0.5, 0.6) is 0 Å². The first-order chi connectivity index (χ1) is 11.9. The smallest absolute Gasteiger partial charge is 0.390 e. The van der Waals surface area contributed by atoms with E-state index in [1.165, 1.54) is 17.8 Å². The highest BCUT2D eigenvalue weighted by atomic mass is 79.9. The van der Waals surface area contributed by atoms with E-state index in [-0.39, 0.29) is 12.6 Å². The fraction of sp³-hybridized carbons (Fsp3) is 0.769. The fourth-order valence-electron chi connectivity index (χ4n) is 1.42. The van der Waals surface area contributed by atoms with Gasteiger partial charge in [-0.3, -0.25) is 9.09 Å². The molecule has 0 aliphatic heterocycles. The van der Waals surface area contributed by atoms with Gasteiger partial charge in [-0.15, -0.1) is 0 Å². The lowest BCUT2D eigenvalue weighted by Gasteiger charge is -2.19. The molecule has 9 nitrogen and oxygen atoms in total. The normalized spacial score (nSPS) is 10.4. The van der Waals surface area contributed by atoms with Crippen LogP contribution >= 0.6 is 39.5 Å². The summed E-state index contributed by atoms with van der Waals surface area (Å²) < 4.78 is 19.2. The van der Waals surface area contributed by atoms with Crippen LogP contribution in [-0.4, -0.2) is 38.2 Å². The van der Waals surface area contributed by atoms with Crippen molar-refractivity contribution in [3.05, 3.63) is 22.0 Å². The van der Waals surface area contributed by atoms with Crippen molar-refractivity contribution < 1.29 is 14.0 Å². The van der Waals surface area contributed by atoms with Gasteiger partial charge in [0.15, 0.2) is 0 Å². The van der Waals surface area contributed by atoms with Gasteiger partial charge in [0.2, 0.25) is 0 Å². The van der Waals surface area contributed by atoms with Gasteiger partial charge >= 0.3 is 13.6 Å². The standard InChI is InChI=1S/C9H16Br2N5O4P.2C2H6/c1-15-8(6-12-9(15)16(17)18)7-20-21(19,13-4-2-10)14-5-3-11;2*1-2/h6H,2-5,7H2,1H3,(H2,13,14,19);2*1-2H3. The number of aromatic nitrogens is 2. The van der Waals surface area contributed by atoms with Crippen LogP contribution in [0.2, 0.25) is 0 Å². The lowest BCUT2D eigenvalue weighted by molar-refractivity contribution is -0.396. The van der Waals surface area contributed by atoms with Gasteiger partial charge < -0.3 is 10.1 Å². The summed E-state index contributed by atoms with van der Waals surface area (Å²) >= 11 is 6.46. The zero-order valence-electron chi connectivity index (χ0n) is 15.3. The zero-order valence-corrected chi connectivity index (χ0v) is 19.4. The van der Waals surface area contributed by atoms with Gasteiger partial charge in [-0.25, -0.2) is 14.7 Å². The molecular formula is C13H28Br2N5O4P. The monoisotopic (exact) mass is 507 g/mol. The largest absolute Gasteiger partial charge is 0.434 e. The molecule has 2 N–H and O–H groups in total. The Balaban J connectivity index is 0. The van der Waals surface area contributed by atoms with Crippen molar-refractivity contribution in [1.82, 2.24) is 19.7 Å². The highest BCUT2D eigenvalue weighted by molar-refractivity contribution is 9.09. The number of hydrogen-bond acceptors (Lipinski definition) is 5. The van der Waals surface area contributed by atoms with E-state index in [1.807, 2.05) is 27.7 Å². The molecule has 0 saturated heterocycles. The van der Waals surface area contributed by atoms with Crippen molar-refractivity contribution in [2.45, 2.75) is 34.3 Å². The van der Waals surface area contributed by atoms with E-state index in [1.54, 1.807) is 0 Å². The van der Waals surface area contributed by atoms with Gasteiger partial charge in [-0.2, -0.15) is 0 Å². The molecule has 1 aromatic heterocycles. The number of hydrogen-bond donors (Lipinski definition) is 2. The Bertz CT molecular complexity index is 519. The number of rotatable bonds is 10. The first-order valence-electron chi connectivity index (χ1n) is 7.95. The predicted octanol–water partition coefficient (Wildman–Crippen LogP) is 3.97. The number of nitrogens with one attached hydrogen (secondary N) is 2. The maximum Gasteiger partial charge on any atom is 0.434 e. The first kappa shape index (κ1) is 26.9. The quantitative estimate of drug-likeness (QED) is 0.213. The number of alkyl halides is 2. The molecule has 1 aromatic rings. The van der Waals surface area contributed by atoms with Crippen LogP contribution in [0, 0.1) is 10.1 Å². The van der Waals surface area contributed by atoms with Gasteiger partial charge in [0.1, 0.15) is 18.5 Å². The maximum atomic E-state index is 12.5. The minimum Gasteiger partial charge on any atom is -0.390 e. The van der Waals surface area contributed by atoms with Crippen LogP contribution < -0.4 is 10.2 Å². The zero-order chi connectivity index (χ0) is 19.9. The lowest BCUT2D eigenvalue weighted by atomic mass is 10.5. The molecule has 12 heteroatoms. The summed E-state index contributed by atoms with van der Waals surface area (Å²) in [6.45, 7) is 8.86. The Labute approximate surface area is 166 Å². The van der Waals surface area contributed by atoms with Gasteiger partial charge in [0, 0.05) is 23.7 Å². The van der Waals surface area contributed by atoms with Crippen molar-refractivity contribution in [3.8, 4) is 0 Å². The second kappa shape index (κ2) is 15.9. The molecule has 0 spiro atoms. The summed E-state index contributed by atoms with van der Waals surface area (Å²) in [5, 5.41) is 17.5. The molecule has 0 amide bonds. The Morgan fingerprint density at radius 3 is 2.08 bits per heavy atom. The van der Waals surface area contributed by atoms with Gasteiger partial charge in [-0.1, -0.05) is 64.5 Å². The van der Waals surface area contributed by atoms with Crippen molar-refractivity contribution in [1.29, 1.82) is 0 Å². The molecule has 25 heavy (non-hydrogen) atoms. The minimum absolute atomic E-state index is 0.0564. The van der Waals surface area contributed by atoms with Crippen molar-refractivity contribution in [2.24, 2.45) is 7.05 Å². The Kier molecular flexibility index (Phi) is 17.1. The van der Waals surface area contributed by atoms with E-state index >= 15 is 0 Å². The lowest BCUT2D eigenvalue weighted by Crippen LogP contribution is -2.27. The molecule has 0 bridgehead atoms. The Hall–Kier alpha value is -0.320. The topological polar surface area (TPSA) is 111 Å². The third kappa shape index (κ3) is 10.4. The number of imidazole rings is 1. The third-order valence-corrected chi connectivity index (χ3v) is 5.01. The van der Waals surface area contributed by atoms with Crippen LogP contribution in [0.15, 0.2) is 6.20 Å². The van der Waals surface area contributed by atoms with E-state index in [0.29, 0.717) is 29.4 Å². The minimum atomic E-state index is -3.22. The van der Waals surface area contributed by atoms with E-state index in [9.17, 15) is 14.7 Å². The van der Waals surface area contributed by atoms with Crippen LogP contribution in [-0.2, 0) is 22.7 Å². The molecule has 0 atom stereocenters. The summed E-state index contributed by atoms with van der Waals surface area (Å²) in [7, 11) is -1.72. The second-order valence-electron chi connectivity index (χ2n) is 3.88. The van der Waals surface area contributed by atoms with E-state index < -0.39 is 12.6 Å².